The Kier molecular flexibility index (Phi) is 4.81. The Balaban J connectivity index is 3.00. The molecule has 0 spiro atoms. The molecule has 0 saturated heterocycles. The molecule has 0 heterocycles. The lowest BCUT2D eigenvalue weighted by atomic mass is 9.92. The van der Waals surface area contributed by atoms with Gasteiger partial charge in [-0.3, -0.25) is 0 Å². The van der Waals surface area contributed by atoms with Crippen LogP contribution in [-0.2, 0) is 0 Å². The third-order valence-corrected chi connectivity index (χ3v) is 2.90. The Morgan fingerprint density at radius 1 is 1.31 bits per heavy atom. The van der Waals surface area contributed by atoms with Crippen LogP contribution in [0.3, 0.4) is 0 Å². The lowest BCUT2D eigenvalue weighted by Crippen LogP contribution is -2.26. The number of rotatable bonds is 5. The molecule has 0 fully saturated rings. The molecule has 0 saturated carbocycles. The highest BCUT2D eigenvalue weighted by Crippen LogP contribution is 2.27. The fourth-order valence-electron chi connectivity index (χ4n) is 2.05. The summed E-state index contributed by atoms with van der Waals surface area (Å²) in [6, 6.07) is 6.73. The molecular formula is C14H23NO. The molecule has 1 aromatic rings. The van der Waals surface area contributed by atoms with Gasteiger partial charge in [-0.15, -0.1) is 0 Å². The van der Waals surface area contributed by atoms with Crippen LogP contribution >= 0.6 is 0 Å². The molecule has 1 N–H and O–H groups in total. The van der Waals surface area contributed by atoms with Gasteiger partial charge in [0.15, 0.2) is 0 Å². The van der Waals surface area contributed by atoms with Crippen LogP contribution in [0.5, 0.6) is 5.75 Å². The third-order valence-electron chi connectivity index (χ3n) is 2.90. The fraction of sp³-hybridized carbons (Fsp3) is 0.571. The molecule has 2 heteroatoms. The average molecular weight is 221 g/mol. The first-order chi connectivity index (χ1) is 7.60. The van der Waals surface area contributed by atoms with Gasteiger partial charge >= 0.3 is 0 Å². The minimum atomic E-state index is 0.427. The Morgan fingerprint density at radius 3 is 2.44 bits per heavy atom. The van der Waals surface area contributed by atoms with Crippen molar-refractivity contribution < 1.29 is 4.74 Å². The molecule has 1 aromatic carbocycles. The third kappa shape index (κ3) is 2.99. The van der Waals surface area contributed by atoms with Crippen LogP contribution in [0.15, 0.2) is 18.2 Å². The van der Waals surface area contributed by atoms with E-state index in [0.717, 1.165) is 12.3 Å². The van der Waals surface area contributed by atoms with Crippen molar-refractivity contribution in [3.63, 3.8) is 0 Å². The quantitative estimate of drug-likeness (QED) is 0.823. The van der Waals surface area contributed by atoms with Crippen molar-refractivity contribution in [1.82, 2.24) is 5.32 Å². The van der Waals surface area contributed by atoms with Gasteiger partial charge in [-0.2, -0.15) is 0 Å². The number of nitrogens with one attached hydrogen (secondary N) is 1. The molecule has 90 valence electrons. The lowest BCUT2D eigenvalue weighted by Gasteiger charge is -2.24. The monoisotopic (exact) mass is 221 g/mol. The zero-order valence-corrected chi connectivity index (χ0v) is 11.0. The molecule has 0 aliphatic carbocycles. The Labute approximate surface area is 99.0 Å². The second-order valence-electron chi connectivity index (χ2n) is 4.50. The number of hydrogen-bond acceptors (Lipinski definition) is 2. The van der Waals surface area contributed by atoms with E-state index in [0.29, 0.717) is 12.0 Å². The minimum absolute atomic E-state index is 0.427. The molecule has 0 aliphatic rings. The number of hydrogen-bond donors (Lipinski definition) is 1. The summed E-state index contributed by atoms with van der Waals surface area (Å²) in [6.45, 7) is 9.78. The van der Waals surface area contributed by atoms with Crippen molar-refractivity contribution in [2.75, 3.05) is 13.7 Å². The summed E-state index contributed by atoms with van der Waals surface area (Å²) in [5.41, 5.74) is 2.66. The van der Waals surface area contributed by atoms with Gasteiger partial charge in [-0.05, 0) is 42.6 Å². The largest absolute Gasteiger partial charge is 0.497 e. The molecule has 0 amide bonds. The molecule has 0 radical (unpaired) electrons. The Hall–Kier alpha value is -1.02. The SMILES string of the molecule is CCNC(c1ccc(OC)cc1C)C(C)C. The summed E-state index contributed by atoms with van der Waals surface area (Å²) in [7, 11) is 1.71. The van der Waals surface area contributed by atoms with Gasteiger partial charge in [0, 0.05) is 6.04 Å². The Bertz CT molecular complexity index is 334. The standard InChI is InChI=1S/C14H23NO/c1-6-15-14(10(2)3)13-8-7-12(16-5)9-11(13)4/h7-10,14-15H,6H2,1-5H3. The van der Waals surface area contributed by atoms with Crippen molar-refractivity contribution in [1.29, 1.82) is 0 Å². The van der Waals surface area contributed by atoms with Gasteiger partial charge in [0.1, 0.15) is 5.75 Å². The maximum atomic E-state index is 5.23. The second-order valence-corrected chi connectivity index (χ2v) is 4.50. The zero-order chi connectivity index (χ0) is 12.1. The smallest absolute Gasteiger partial charge is 0.119 e. The average Bonchev–Trinajstić information content (AvgIpc) is 2.26. The number of ether oxygens (including phenoxy) is 1. The van der Waals surface area contributed by atoms with E-state index < -0.39 is 0 Å². The minimum Gasteiger partial charge on any atom is -0.497 e. The summed E-state index contributed by atoms with van der Waals surface area (Å²) in [6.07, 6.45) is 0. The van der Waals surface area contributed by atoms with E-state index in [1.54, 1.807) is 7.11 Å². The second kappa shape index (κ2) is 5.90. The first kappa shape index (κ1) is 13.0. The molecule has 0 aliphatic heterocycles. The van der Waals surface area contributed by atoms with E-state index >= 15 is 0 Å². The molecule has 0 aromatic heterocycles. The van der Waals surface area contributed by atoms with Gasteiger partial charge in [0.2, 0.25) is 0 Å². The van der Waals surface area contributed by atoms with Crippen LogP contribution in [-0.4, -0.2) is 13.7 Å². The van der Waals surface area contributed by atoms with E-state index in [1.165, 1.54) is 11.1 Å². The van der Waals surface area contributed by atoms with Crippen LogP contribution < -0.4 is 10.1 Å². The maximum Gasteiger partial charge on any atom is 0.119 e. The summed E-state index contributed by atoms with van der Waals surface area (Å²) >= 11 is 0. The molecule has 16 heavy (non-hydrogen) atoms. The first-order valence-corrected chi connectivity index (χ1v) is 5.98. The van der Waals surface area contributed by atoms with Crippen LogP contribution in [0.2, 0.25) is 0 Å². The molecule has 2 nitrogen and oxygen atoms in total. The molecule has 1 rings (SSSR count). The molecular weight excluding hydrogens is 198 g/mol. The van der Waals surface area contributed by atoms with Crippen LogP contribution in [0.1, 0.15) is 37.9 Å². The highest BCUT2D eigenvalue weighted by atomic mass is 16.5. The van der Waals surface area contributed by atoms with Gasteiger partial charge in [-0.25, -0.2) is 0 Å². The number of aryl methyl sites for hydroxylation is 1. The predicted octanol–water partition coefficient (Wildman–Crippen LogP) is 3.31. The highest BCUT2D eigenvalue weighted by molar-refractivity contribution is 5.36. The van der Waals surface area contributed by atoms with Gasteiger partial charge in [0.25, 0.3) is 0 Å². The van der Waals surface area contributed by atoms with Gasteiger partial charge in [0.05, 0.1) is 7.11 Å². The van der Waals surface area contributed by atoms with Crippen LogP contribution in [0, 0.1) is 12.8 Å². The van der Waals surface area contributed by atoms with E-state index in [2.05, 4.69) is 45.1 Å². The number of methoxy groups -OCH3 is 1. The van der Waals surface area contributed by atoms with Crippen LogP contribution in [0.25, 0.3) is 0 Å². The maximum absolute atomic E-state index is 5.23. The molecule has 1 unspecified atom stereocenters. The topological polar surface area (TPSA) is 21.3 Å². The van der Waals surface area contributed by atoms with E-state index in [9.17, 15) is 0 Å². The van der Waals surface area contributed by atoms with Gasteiger partial charge in [-0.1, -0.05) is 26.8 Å². The van der Waals surface area contributed by atoms with E-state index in [1.807, 2.05) is 6.07 Å². The van der Waals surface area contributed by atoms with Crippen molar-refractivity contribution in [2.24, 2.45) is 5.92 Å². The van der Waals surface area contributed by atoms with E-state index in [4.69, 9.17) is 4.74 Å². The molecule has 0 bridgehead atoms. The highest BCUT2D eigenvalue weighted by Gasteiger charge is 2.16. The Morgan fingerprint density at radius 2 is 2.00 bits per heavy atom. The summed E-state index contributed by atoms with van der Waals surface area (Å²) in [5.74, 6) is 1.52. The predicted molar refractivity (Wildman–Crippen MR) is 69.0 cm³/mol. The fourth-order valence-corrected chi connectivity index (χ4v) is 2.05. The van der Waals surface area contributed by atoms with Crippen molar-refractivity contribution in [3.8, 4) is 5.75 Å². The van der Waals surface area contributed by atoms with Crippen molar-refractivity contribution in [2.45, 2.75) is 33.7 Å². The lowest BCUT2D eigenvalue weighted by molar-refractivity contribution is 0.408. The normalized spacial score (nSPS) is 12.9. The summed E-state index contributed by atoms with van der Waals surface area (Å²) in [4.78, 5) is 0. The van der Waals surface area contributed by atoms with Crippen molar-refractivity contribution in [3.05, 3.63) is 29.3 Å². The molecule has 1 atom stereocenters. The summed E-state index contributed by atoms with van der Waals surface area (Å²) in [5, 5.41) is 3.54. The van der Waals surface area contributed by atoms with E-state index in [-0.39, 0.29) is 0 Å². The van der Waals surface area contributed by atoms with Crippen LogP contribution in [0.4, 0.5) is 0 Å². The van der Waals surface area contributed by atoms with Gasteiger partial charge < -0.3 is 10.1 Å². The first-order valence-electron chi connectivity index (χ1n) is 5.98. The zero-order valence-electron chi connectivity index (χ0n) is 11.0. The summed E-state index contributed by atoms with van der Waals surface area (Å²) < 4.78 is 5.23. The van der Waals surface area contributed by atoms with Crippen molar-refractivity contribution >= 4 is 0 Å². The number of benzene rings is 1.